The molecule has 1 aromatic heterocycles. The van der Waals surface area contributed by atoms with Crippen LogP contribution in [0.15, 0.2) is 6.20 Å². The molecular formula is C9H6ClF3INO3. The second-order valence-corrected chi connectivity index (χ2v) is 4.36. The summed E-state index contributed by atoms with van der Waals surface area (Å²) < 4.78 is 45.3. The van der Waals surface area contributed by atoms with Crippen molar-refractivity contribution in [1.82, 2.24) is 4.98 Å². The van der Waals surface area contributed by atoms with Gasteiger partial charge in [-0.05, 0) is 22.6 Å². The molecule has 9 heteroatoms. The number of ether oxygens (including phenoxy) is 2. The first-order chi connectivity index (χ1) is 8.30. The van der Waals surface area contributed by atoms with Crippen LogP contribution >= 0.6 is 34.2 Å². The molecule has 0 unspecified atom stereocenters. The van der Waals surface area contributed by atoms with Crippen molar-refractivity contribution in [1.29, 1.82) is 0 Å². The predicted molar refractivity (Wildman–Crippen MR) is 64.5 cm³/mol. The summed E-state index contributed by atoms with van der Waals surface area (Å²) in [5.74, 6) is -2.00. The molecule has 0 bridgehead atoms. The summed E-state index contributed by atoms with van der Waals surface area (Å²) in [5.41, 5.74) is -0.532. The second kappa shape index (κ2) is 5.91. The largest absolute Gasteiger partial charge is 0.573 e. The van der Waals surface area contributed by atoms with Crippen molar-refractivity contribution in [2.75, 3.05) is 7.11 Å². The normalized spacial score (nSPS) is 11.2. The molecule has 0 fully saturated rings. The maximum absolute atomic E-state index is 12.3. The molecule has 0 atom stereocenters. The number of rotatable bonds is 3. The number of halogens is 5. The third-order valence-corrected chi connectivity index (χ3v) is 2.87. The van der Waals surface area contributed by atoms with Crippen molar-refractivity contribution < 1.29 is 27.4 Å². The van der Waals surface area contributed by atoms with Crippen molar-refractivity contribution in [3.8, 4) is 5.75 Å². The molecule has 100 valence electrons. The lowest BCUT2D eigenvalue weighted by molar-refractivity contribution is -0.275. The molecule has 0 spiro atoms. The monoisotopic (exact) mass is 395 g/mol. The summed E-state index contributed by atoms with van der Waals surface area (Å²) >= 11 is 7.12. The van der Waals surface area contributed by atoms with Gasteiger partial charge in [0.1, 0.15) is 5.56 Å². The van der Waals surface area contributed by atoms with E-state index in [1.165, 1.54) is 6.20 Å². The summed E-state index contributed by atoms with van der Waals surface area (Å²) in [6.45, 7) is 0. The van der Waals surface area contributed by atoms with Crippen LogP contribution < -0.4 is 4.74 Å². The van der Waals surface area contributed by atoms with Crippen LogP contribution in [-0.4, -0.2) is 24.4 Å². The number of alkyl halides is 4. The molecule has 4 nitrogen and oxygen atoms in total. The number of nitrogens with zero attached hydrogens (tertiary/aromatic N) is 1. The summed E-state index contributed by atoms with van der Waals surface area (Å²) in [6, 6.07) is 0. The molecule has 0 saturated carbocycles. The van der Waals surface area contributed by atoms with Crippen LogP contribution in [0.3, 0.4) is 0 Å². The molecule has 0 aliphatic rings. The van der Waals surface area contributed by atoms with E-state index < -0.39 is 18.1 Å². The zero-order valence-electron chi connectivity index (χ0n) is 8.85. The number of methoxy groups -OCH3 is 1. The van der Waals surface area contributed by atoms with E-state index in [2.05, 4.69) is 14.5 Å². The maximum Gasteiger partial charge on any atom is 0.573 e. The molecule has 0 radical (unpaired) electrons. The molecule has 0 amide bonds. The molecule has 18 heavy (non-hydrogen) atoms. The van der Waals surface area contributed by atoms with Crippen molar-refractivity contribution >= 4 is 40.2 Å². The molecular weight excluding hydrogens is 389 g/mol. The number of carbonyl (C=O) groups is 1. The lowest BCUT2D eigenvalue weighted by Gasteiger charge is -2.15. The molecule has 0 saturated heterocycles. The Balaban J connectivity index is 3.41. The first-order valence-electron chi connectivity index (χ1n) is 4.37. The van der Waals surface area contributed by atoms with Gasteiger partial charge in [-0.15, -0.1) is 24.8 Å². The third kappa shape index (κ3) is 3.61. The van der Waals surface area contributed by atoms with Crippen LogP contribution in [0.2, 0.25) is 0 Å². The molecule has 0 aliphatic heterocycles. The fourth-order valence-electron chi connectivity index (χ4n) is 1.12. The molecule has 0 aromatic carbocycles. The highest BCUT2D eigenvalue weighted by molar-refractivity contribution is 14.1. The van der Waals surface area contributed by atoms with Gasteiger partial charge < -0.3 is 9.47 Å². The third-order valence-electron chi connectivity index (χ3n) is 1.80. The van der Waals surface area contributed by atoms with Crippen molar-refractivity contribution in [2.24, 2.45) is 0 Å². The Morgan fingerprint density at radius 3 is 2.61 bits per heavy atom. The SMILES string of the molecule is COC(=O)c1c(I)cnc(CCl)c1OC(F)(F)F. The van der Waals surface area contributed by atoms with Gasteiger partial charge >= 0.3 is 12.3 Å². The summed E-state index contributed by atoms with van der Waals surface area (Å²) in [4.78, 5) is 15.1. The van der Waals surface area contributed by atoms with E-state index in [0.717, 1.165) is 7.11 Å². The van der Waals surface area contributed by atoms with Gasteiger partial charge in [0.25, 0.3) is 0 Å². The first-order valence-corrected chi connectivity index (χ1v) is 5.99. The molecule has 0 aliphatic carbocycles. The fraction of sp³-hybridized carbons (Fsp3) is 0.333. The zero-order valence-corrected chi connectivity index (χ0v) is 11.8. The van der Waals surface area contributed by atoms with Crippen LogP contribution in [0.1, 0.15) is 16.1 Å². The zero-order chi connectivity index (χ0) is 13.9. The van der Waals surface area contributed by atoms with Gasteiger partial charge in [0, 0.05) is 9.77 Å². The number of esters is 1. The Bertz CT molecular complexity index is 467. The lowest BCUT2D eigenvalue weighted by atomic mass is 10.2. The van der Waals surface area contributed by atoms with Gasteiger partial charge in [-0.25, -0.2) is 4.79 Å². The Hall–Kier alpha value is -0.770. The van der Waals surface area contributed by atoms with Crippen LogP contribution in [0.4, 0.5) is 13.2 Å². The Morgan fingerprint density at radius 1 is 1.56 bits per heavy atom. The van der Waals surface area contributed by atoms with Crippen LogP contribution in [-0.2, 0) is 10.6 Å². The lowest BCUT2D eigenvalue weighted by Crippen LogP contribution is -2.21. The Labute approximate surface area is 119 Å². The molecule has 1 rings (SSSR count). The van der Waals surface area contributed by atoms with E-state index >= 15 is 0 Å². The smallest absolute Gasteiger partial charge is 0.465 e. The minimum atomic E-state index is -4.95. The van der Waals surface area contributed by atoms with Gasteiger partial charge in [-0.3, -0.25) is 4.98 Å². The number of hydrogen-bond acceptors (Lipinski definition) is 4. The topological polar surface area (TPSA) is 48.4 Å². The van der Waals surface area contributed by atoms with Gasteiger partial charge in [-0.2, -0.15) is 0 Å². The van der Waals surface area contributed by atoms with Crippen molar-refractivity contribution in [3.63, 3.8) is 0 Å². The van der Waals surface area contributed by atoms with Gasteiger partial charge in [-0.1, -0.05) is 0 Å². The highest BCUT2D eigenvalue weighted by atomic mass is 127. The van der Waals surface area contributed by atoms with Crippen LogP contribution in [0, 0.1) is 3.57 Å². The minimum absolute atomic E-state index is 0.174. The number of aromatic nitrogens is 1. The highest BCUT2D eigenvalue weighted by Gasteiger charge is 2.35. The van der Waals surface area contributed by atoms with Crippen molar-refractivity contribution in [2.45, 2.75) is 12.2 Å². The molecule has 1 heterocycles. The van der Waals surface area contributed by atoms with E-state index in [0.29, 0.717) is 0 Å². The minimum Gasteiger partial charge on any atom is -0.465 e. The Kier molecular flexibility index (Phi) is 5.02. The van der Waals surface area contributed by atoms with E-state index in [1.807, 2.05) is 0 Å². The fourth-order valence-corrected chi connectivity index (χ4v) is 1.92. The summed E-state index contributed by atoms with van der Waals surface area (Å²) in [6.07, 6.45) is -3.73. The van der Waals surface area contributed by atoms with Gasteiger partial charge in [0.15, 0.2) is 5.75 Å². The average Bonchev–Trinajstić information content (AvgIpc) is 2.27. The molecule has 0 N–H and O–H groups in total. The van der Waals surface area contributed by atoms with E-state index in [-0.39, 0.29) is 20.7 Å². The van der Waals surface area contributed by atoms with Crippen LogP contribution in [0.5, 0.6) is 5.75 Å². The quantitative estimate of drug-likeness (QED) is 0.448. The van der Waals surface area contributed by atoms with E-state index in [4.69, 9.17) is 11.6 Å². The van der Waals surface area contributed by atoms with Gasteiger partial charge in [0.2, 0.25) is 0 Å². The first kappa shape index (κ1) is 15.3. The predicted octanol–water partition coefficient (Wildman–Crippen LogP) is 3.11. The van der Waals surface area contributed by atoms with E-state index in [1.54, 1.807) is 22.6 Å². The number of pyridine rings is 1. The Morgan fingerprint density at radius 2 is 2.17 bits per heavy atom. The maximum atomic E-state index is 12.3. The van der Waals surface area contributed by atoms with Crippen LogP contribution in [0.25, 0.3) is 0 Å². The van der Waals surface area contributed by atoms with Crippen molar-refractivity contribution in [3.05, 3.63) is 21.0 Å². The highest BCUT2D eigenvalue weighted by Crippen LogP contribution is 2.33. The van der Waals surface area contributed by atoms with E-state index in [9.17, 15) is 18.0 Å². The summed E-state index contributed by atoms with van der Waals surface area (Å²) in [7, 11) is 1.05. The number of hydrogen-bond donors (Lipinski definition) is 0. The summed E-state index contributed by atoms with van der Waals surface area (Å²) in [5, 5.41) is 0. The molecule has 1 aromatic rings. The second-order valence-electron chi connectivity index (χ2n) is 2.93. The van der Waals surface area contributed by atoms with Gasteiger partial charge in [0.05, 0.1) is 18.7 Å². The standard InChI is InChI=1S/C9H6ClF3INO3/c1-17-8(16)6-4(14)3-15-5(2-10)7(6)18-9(11,12)13/h3H,2H2,1H3. The number of carbonyl (C=O) groups excluding carboxylic acids is 1. The average molecular weight is 396 g/mol.